The Morgan fingerprint density at radius 2 is 1.97 bits per heavy atom. The molecule has 1 aromatic heterocycles. The van der Waals surface area contributed by atoms with Crippen molar-refractivity contribution < 1.29 is 4.79 Å². The van der Waals surface area contributed by atoms with Crippen molar-refractivity contribution in [2.45, 2.75) is 52.4 Å². The first-order valence-electron chi connectivity index (χ1n) is 11.6. The summed E-state index contributed by atoms with van der Waals surface area (Å²) < 4.78 is 0. The van der Waals surface area contributed by atoms with Crippen molar-refractivity contribution in [1.29, 1.82) is 0 Å². The van der Waals surface area contributed by atoms with Gasteiger partial charge in [0.25, 0.3) is 0 Å². The highest BCUT2D eigenvalue weighted by molar-refractivity contribution is 5.80. The van der Waals surface area contributed by atoms with Crippen molar-refractivity contribution >= 4 is 5.91 Å². The third-order valence-electron chi connectivity index (χ3n) is 6.91. The van der Waals surface area contributed by atoms with Crippen molar-refractivity contribution in [2.24, 2.45) is 5.92 Å². The highest BCUT2D eigenvalue weighted by Crippen LogP contribution is 2.24. The summed E-state index contributed by atoms with van der Waals surface area (Å²) >= 11 is 0. The quantitative estimate of drug-likeness (QED) is 0.730. The van der Waals surface area contributed by atoms with Crippen LogP contribution in [0.25, 0.3) is 0 Å². The maximum atomic E-state index is 13.0. The number of hydrogen-bond donors (Lipinski definition) is 0. The zero-order chi connectivity index (χ0) is 20.9. The van der Waals surface area contributed by atoms with E-state index in [1.165, 1.54) is 53.6 Å². The number of likely N-dealkylation sites (tertiary alicyclic amines) is 1. The fourth-order valence-corrected chi connectivity index (χ4v) is 5.05. The molecule has 1 unspecified atom stereocenters. The second-order valence-corrected chi connectivity index (χ2v) is 9.25. The van der Waals surface area contributed by atoms with Crippen LogP contribution in [0, 0.1) is 19.8 Å². The van der Waals surface area contributed by atoms with Crippen LogP contribution in [-0.4, -0.2) is 53.4 Å². The van der Waals surface area contributed by atoms with Gasteiger partial charge in [0.1, 0.15) is 0 Å². The molecule has 1 fully saturated rings. The lowest BCUT2D eigenvalue weighted by molar-refractivity contribution is -0.131. The molecule has 0 saturated carbocycles. The normalized spacial score (nSPS) is 20.1. The maximum absolute atomic E-state index is 13.0. The van der Waals surface area contributed by atoms with E-state index in [2.05, 4.69) is 46.8 Å². The Hall–Kier alpha value is -2.20. The monoisotopic (exact) mass is 405 g/mol. The summed E-state index contributed by atoms with van der Waals surface area (Å²) in [5.41, 5.74) is 6.57. The van der Waals surface area contributed by atoms with Crippen LogP contribution >= 0.6 is 0 Å². The van der Waals surface area contributed by atoms with Crippen LogP contribution in [0.5, 0.6) is 0 Å². The van der Waals surface area contributed by atoms with E-state index in [0.29, 0.717) is 18.2 Å². The summed E-state index contributed by atoms with van der Waals surface area (Å²) in [5, 5.41) is 0. The smallest absolute Gasteiger partial charge is 0.227 e. The highest BCUT2D eigenvalue weighted by Gasteiger charge is 2.26. The molecular formula is C26H35N3O. The Morgan fingerprint density at radius 3 is 2.77 bits per heavy atom. The molecule has 0 N–H and O–H groups in total. The predicted molar refractivity (Wildman–Crippen MR) is 122 cm³/mol. The number of fused-ring (bicyclic) bond motifs is 1. The van der Waals surface area contributed by atoms with E-state index in [1.807, 2.05) is 18.5 Å². The zero-order valence-electron chi connectivity index (χ0n) is 18.6. The van der Waals surface area contributed by atoms with Crippen LogP contribution in [0.3, 0.4) is 0 Å². The number of nitrogens with zero attached hydrogens (tertiary/aromatic N) is 3. The van der Waals surface area contributed by atoms with Crippen molar-refractivity contribution in [3.05, 3.63) is 64.5 Å². The van der Waals surface area contributed by atoms with Crippen LogP contribution in [0.2, 0.25) is 0 Å². The summed E-state index contributed by atoms with van der Waals surface area (Å²) in [7, 11) is 0. The second kappa shape index (κ2) is 9.74. The Bertz CT molecular complexity index is 864. The first kappa shape index (κ1) is 21.0. The average molecular weight is 406 g/mol. The van der Waals surface area contributed by atoms with Crippen LogP contribution < -0.4 is 0 Å². The van der Waals surface area contributed by atoms with E-state index in [-0.39, 0.29) is 0 Å². The zero-order valence-corrected chi connectivity index (χ0v) is 18.6. The Balaban J connectivity index is 1.29. The molecular weight excluding hydrogens is 370 g/mol. The fraction of sp³-hybridized carbons (Fsp3) is 0.538. The summed E-state index contributed by atoms with van der Waals surface area (Å²) in [4.78, 5) is 21.9. The number of hydrogen-bond acceptors (Lipinski definition) is 3. The van der Waals surface area contributed by atoms with Gasteiger partial charge in [0.15, 0.2) is 0 Å². The van der Waals surface area contributed by atoms with Crippen LogP contribution in [0.1, 0.15) is 47.1 Å². The molecule has 1 aromatic carbocycles. The Kier molecular flexibility index (Phi) is 6.83. The second-order valence-electron chi connectivity index (χ2n) is 9.25. The molecule has 1 atom stereocenters. The summed E-state index contributed by atoms with van der Waals surface area (Å²) in [6.07, 6.45) is 10.1. The van der Waals surface area contributed by atoms with E-state index in [1.54, 1.807) is 0 Å². The lowest BCUT2D eigenvalue weighted by Crippen LogP contribution is -2.43. The number of carbonyl (C=O) groups is 1. The molecule has 4 heteroatoms. The molecule has 160 valence electrons. The van der Waals surface area contributed by atoms with Gasteiger partial charge in [-0.25, -0.2) is 0 Å². The lowest BCUT2D eigenvalue weighted by atomic mass is 9.96. The molecule has 4 rings (SSSR count). The van der Waals surface area contributed by atoms with E-state index < -0.39 is 0 Å². The van der Waals surface area contributed by atoms with E-state index in [0.717, 1.165) is 39.0 Å². The maximum Gasteiger partial charge on any atom is 0.227 e. The van der Waals surface area contributed by atoms with Crippen molar-refractivity contribution in [3.63, 3.8) is 0 Å². The SMILES string of the molecule is Cc1cc2c(cc1C)CC(=O)N(CC1CCCN(CCCc3cccnc3)C1)CC2. The van der Waals surface area contributed by atoms with Crippen LogP contribution in [0.4, 0.5) is 0 Å². The third kappa shape index (κ3) is 5.28. The Morgan fingerprint density at radius 1 is 1.13 bits per heavy atom. The van der Waals surface area contributed by atoms with Gasteiger partial charge >= 0.3 is 0 Å². The molecule has 0 radical (unpaired) electrons. The van der Waals surface area contributed by atoms with Gasteiger partial charge < -0.3 is 9.80 Å². The van der Waals surface area contributed by atoms with Crippen LogP contribution in [-0.2, 0) is 24.1 Å². The Labute approximate surface area is 181 Å². The summed E-state index contributed by atoms with van der Waals surface area (Å²) in [6, 6.07) is 8.71. The standard InChI is InChI=1S/C26H35N3O/c1-20-14-24-9-13-29(26(30)16-25(24)15-21(20)2)19-23-8-5-12-28(18-23)11-4-7-22-6-3-10-27-17-22/h3,6,10,14-15,17,23H,4-5,7-9,11-13,16,18-19H2,1-2H3. The number of piperidine rings is 1. The van der Waals surface area contributed by atoms with Gasteiger partial charge in [-0.15, -0.1) is 0 Å². The van der Waals surface area contributed by atoms with Gasteiger partial charge in [0, 0.05) is 32.0 Å². The molecule has 1 saturated heterocycles. The largest absolute Gasteiger partial charge is 0.342 e. The first-order chi connectivity index (χ1) is 14.6. The number of aromatic nitrogens is 1. The highest BCUT2D eigenvalue weighted by atomic mass is 16.2. The molecule has 30 heavy (non-hydrogen) atoms. The number of pyridine rings is 1. The topological polar surface area (TPSA) is 36.4 Å². The predicted octanol–water partition coefficient (Wildman–Crippen LogP) is 3.97. The molecule has 4 nitrogen and oxygen atoms in total. The van der Waals surface area contributed by atoms with E-state index >= 15 is 0 Å². The third-order valence-corrected chi connectivity index (χ3v) is 6.91. The number of aryl methyl sites for hydroxylation is 3. The number of benzene rings is 1. The average Bonchev–Trinajstić information content (AvgIpc) is 2.88. The minimum Gasteiger partial charge on any atom is -0.342 e. The van der Waals surface area contributed by atoms with E-state index in [4.69, 9.17) is 0 Å². The van der Waals surface area contributed by atoms with Crippen LogP contribution in [0.15, 0.2) is 36.7 Å². The molecule has 0 bridgehead atoms. The van der Waals surface area contributed by atoms with Gasteiger partial charge in [-0.2, -0.15) is 0 Å². The molecule has 1 amide bonds. The number of carbonyl (C=O) groups excluding carboxylic acids is 1. The summed E-state index contributed by atoms with van der Waals surface area (Å²) in [5.74, 6) is 0.913. The molecule has 2 aromatic rings. The van der Waals surface area contributed by atoms with Gasteiger partial charge in [-0.3, -0.25) is 9.78 Å². The molecule has 2 aliphatic heterocycles. The summed E-state index contributed by atoms with van der Waals surface area (Å²) in [6.45, 7) is 9.57. The van der Waals surface area contributed by atoms with Gasteiger partial charge in [0.2, 0.25) is 5.91 Å². The molecule has 0 aliphatic carbocycles. The van der Waals surface area contributed by atoms with Gasteiger partial charge in [0.05, 0.1) is 6.42 Å². The van der Waals surface area contributed by atoms with Crippen molar-refractivity contribution in [1.82, 2.24) is 14.8 Å². The number of rotatable bonds is 6. The minimum absolute atomic E-state index is 0.311. The first-order valence-corrected chi connectivity index (χ1v) is 11.6. The minimum atomic E-state index is 0.311. The number of amides is 1. The van der Waals surface area contributed by atoms with Gasteiger partial charge in [-0.1, -0.05) is 18.2 Å². The fourth-order valence-electron chi connectivity index (χ4n) is 5.05. The lowest BCUT2D eigenvalue weighted by Gasteiger charge is -2.35. The molecule has 3 heterocycles. The van der Waals surface area contributed by atoms with Crippen molar-refractivity contribution in [3.8, 4) is 0 Å². The van der Waals surface area contributed by atoms with Crippen molar-refractivity contribution in [2.75, 3.05) is 32.7 Å². The van der Waals surface area contributed by atoms with Gasteiger partial charge in [-0.05, 0) is 98.8 Å². The molecule has 0 spiro atoms. The molecule has 2 aliphatic rings. The van der Waals surface area contributed by atoms with E-state index in [9.17, 15) is 4.79 Å².